The van der Waals surface area contributed by atoms with Crippen molar-refractivity contribution in [1.29, 1.82) is 0 Å². The average Bonchev–Trinajstić information content (AvgIpc) is 3.09. The number of nitrogens with two attached hydrogens (primary N) is 1. The van der Waals surface area contributed by atoms with Gasteiger partial charge in [-0.05, 0) is 31.6 Å². The average molecular weight is 283 g/mol. The molecule has 0 amide bonds. The Morgan fingerprint density at radius 3 is 2.89 bits per heavy atom. The Morgan fingerprint density at radius 2 is 2.21 bits per heavy atom. The van der Waals surface area contributed by atoms with Gasteiger partial charge in [-0.1, -0.05) is 11.6 Å². The quantitative estimate of drug-likeness (QED) is 0.902. The van der Waals surface area contributed by atoms with Crippen molar-refractivity contribution in [3.05, 3.63) is 21.6 Å². The van der Waals surface area contributed by atoms with Crippen LogP contribution in [0.15, 0.2) is 11.0 Å². The number of hydrogen-bond acceptors (Lipinski definition) is 4. The van der Waals surface area contributed by atoms with Crippen LogP contribution in [0.1, 0.15) is 25.7 Å². The Kier molecular flexibility index (Phi) is 3.50. The summed E-state index contributed by atoms with van der Waals surface area (Å²) >= 11 is 6.20. The van der Waals surface area contributed by atoms with Crippen molar-refractivity contribution >= 4 is 17.3 Å². The van der Waals surface area contributed by atoms with E-state index in [1.165, 1.54) is 12.8 Å². The van der Waals surface area contributed by atoms with E-state index in [4.69, 9.17) is 17.3 Å². The van der Waals surface area contributed by atoms with Crippen molar-refractivity contribution in [2.75, 3.05) is 18.0 Å². The van der Waals surface area contributed by atoms with Gasteiger partial charge in [-0.3, -0.25) is 4.79 Å². The highest BCUT2D eigenvalue weighted by atomic mass is 35.5. The summed E-state index contributed by atoms with van der Waals surface area (Å²) in [6.07, 6.45) is 6.06. The fourth-order valence-corrected chi connectivity index (χ4v) is 3.00. The number of anilines is 1. The summed E-state index contributed by atoms with van der Waals surface area (Å²) in [5, 5.41) is 4.60. The molecule has 0 aromatic carbocycles. The molecule has 104 valence electrons. The summed E-state index contributed by atoms with van der Waals surface area (Å²) in [6, 6.07) is 0.224. The van der Waals surface area contributed by atoms with Crippen LogP contribution in [0.3, 0.4) is 0 Å². The molecule has 2 aliphatic rings. The SMILES string of the molecule is NCC1CCCN1c1c(Cl)cnn(CC2CC2)c1=O. The normalized spacial score (nSPS) is 23.1. The lowest BCUT2D eigenvalue weighted by Gasteiger charge is -2.26. The highest BCUT2D eigenvalue weighted by Crippen LogP contribution is 2.31. The van der Waals surface area contributed by atoms with Crippen molar-refractivity contribution in [3.8, 4) is 0 Å². The molecule has 1 saturated heterocycles. The fourth-order valence-electron chi connectivity index (χ4n) is 2.77. The van der Waals surface area contributed by atoms with Gasteiger partial charge in [0.1, 0.15) is 5.69 Å². The number of aromatic nitrogens is 2. The molecule has 0 bridgehead atoms. The Bertz CT molecular complexity index is 526. The standard InChI is InChI=1S/C13H19ClN4O/c14-11-7-16-18(8-9-3-4-9)13(19)12(11)17-5-1-2-10(17)6-15/h7,9-10H,1-6,8,15H2. The summed E-state index contributed by atoms with van der Waals surface area (Å²) in [6.45, 7) is 2.12. The smallest absolute Gasteiger partial charge is 0.291 e. The molecule has 2 fully saturated rings. The van der Waals surface area contributed by atoms with Gasteiger partial charge in [0.15, 0.2) is 0 Å². The topological polar surface area (TPSA) is 64.2 Å². The van der Waals surface area contributed by atoms with Crippen molar-refractivity contribution in [3.63, 3.8) is 0 Å². The first-order valence-electron chi connectivity index (χ1n) is 6.93. The Labute approximate surface area is 117 Å². The molecular weight excluding hydrogens is 264 g/mol. The lowest BCUT2D eigenvalue weighted by molar-refractivity contribution is 0.530. The molecule has 1 aliphatic carbocycles. The molecule has 0 spiro atoms. The van der Waals surface area contributed by atoms with E-state index in [0.717, 1.165) is 19.4 Å². The molecule has 5 nitrogen and oxygen atoms in total. The number of nitrogens with zero attached hydrogens (tertiary/aromatic N) is 3. The monoisotopic (exact) mass is 282 g/mol. The lowest BCUT2D eigenvalue weighted by atomic mass is 10.2. The third-order valence-corrected chi connectivity index (χ3v) is 4.31. The second-order valence-corrected chi connectivity index (χ2v) is 5.90. The molecule has 2 heterocycles. The van der Waals surface area contributed by atoms with Gasteiger partial charge >= 0.3 is 0 Å². The molecule has 3 rings (SSSR count). The third kappa shape index (κ3) is 2.49. The first-order valence-corrected chi connectivity index (χ1v) is 7.31. The van der Waals surface area contributed by atoms with Gasteiger partial charge in [0.05, 0.1) is 11.2 Å². The van der Waals surface area contributed by atoms with Gasteiger partial charge in [0.2, 0.25) is 0 Å². The Balaban J connectivity index is 1.96. The summed E-state index contributed by atoms with van der Waals surface area (Å²) in [7, 11) is 0. The largest absolute Gasteiger partial charge is 0.362 e. The molecule has 6 heteroatoms. The first kappa shape index (κ1) is 12.9. The number of hydrogen-bond donors (Lipinski definition) is 1. The maximum Gasteiger partial charge on any atom is 0.291 e. The molecule has 1 atom stereocenters. The molecule has 2 N–H and O–H groups in total. The minimum Gasteiger partial charge on any atom is -0.362 e. The Hall–Kier alpha value is -1.07. The minimum atomic E-state index is -0.0697. The van der Waals surface area contributed by atoms with E-state index in [1.807, 2.05) is 0 Å². The van der Waals surface area contributed by atoms with E-state index in [1.54, 1.807) is 10.9 Å². The van der Waals surface area contributed by atoms with E-state index in [-0.39, 0.29) is 11.6 Å². The zero-order valence-electron chi connectivity index (χ0n) is 10.9. The van der Waals surface area contributed by atoms with Crippen molar-refractivity contribution in [2.45, 2.75) is 38.3 Å². The van der Waals surface area contributed by atoms with Crippen molar-refractivity contribution in [2.24, 2.45) is 11.7 Å². The summed E-state index contributed by atoms with van der Waals surface area (Å²) in [4.78, 5) is 14.6. The number of halogens is 1. The first-order chi connectivity index (χ1) is 9.20. The van der Waals surface area contributed by atoms with Gasteiger partial charge < -0.3 is 10.6 Å². The van der Waals surface area contributed by atoms with Crippen LogP contribution < -0.4 is 16.2 Å². The molecule has 0 radical (unpaired) electrons. The molecule has 19 heavy (non-hydrogen) atoms. The molecule has 1 aromatic rings. The zero-order chi connectivity index (χ0) is 13.4. The van der Waals surface area contributed by atoms with Crippen LogP contribution in [0.5, 0.6) is 0 Å². The molecule has 1 unspecified atom stereocenters. The van der Waals surface area contributed by atoms with Crippen LogP contribution >= 0.6 is 11.6 Å². The number of rotatable bonds is 4. The van der Waals surface area contributed by atoms with Gasteiger partial charge in [0, 0.05) is 25.7 Å². The van der Waals surface area contributed by atoms with E-state index in [0.29, 0.717) is 29.7 Å². The van der Waals surface area contributed by atoms with Crippen molar-refractivity contribution < 1.29 is 0 Å². The fraction of sp³-hybridized carbons (Fsp3) is 0.692. The maximum absolute atomic E-state index is 12.5. The summed E-state index contributed by atoms with van der Waals surface area (Å²) < 4.78 is 1.56. The lowest BCUT2D eigenvalue weighted by Crippen LogP contribution is -2.40. The van der Waals surface area contributed by atoms with Crippen LogP contribution in [0, 0.1) is 5.92 Å². The van der Waals surface area contributed by atoms with Crippen LogP contribution in [-0.4, -0.2) is 28.9 Å². The van der Waals surface area contributed by atoms with Gasteiger partial charge in [-0.25, -0.2) is 4.68 Å². The molecule has 1 aliphatic heterocycles. The molecule has 1 saturated carbocycles. The summed E-state index contributed by atoms with van der Waals surface area (Å²) in [5.41, 5.74) is 6.30. The highest BCUT2D eigenvalue weighted by Gasteiger charge is 2.29. The third-order valence-electron chi connectivity index (χ3n) is 4.04. The van der Waals surface area contributed by atoms with Crippen LogP contribution in [-0.2, 0) is 6.54 Å². The predicted molar refractivity (Wildman–Crippen MR) is 75.7 cm³/mol. The van der Waals surface area contributed by atoms with Crippen molar-refractivity contribution in [1.82, 2.24) is 9.78 Å². The van der Waals surface area contributed by atoms with Crippen LogP contribution in [0.2, 0.25) is 5.02 Å². The zero-order valence-corrected chi connectivity index (χ0v) is 11.6. The summed E-state index contributed by atoms with van der Waals surface area (Å²) in [5.74, 6) is 0.614. The van der Waals surface area contributed by atoms with Gasteiger partial charge in [-0.2, -0.15) is 5.10 Å². The second-order valence-electron chi connectivity index (χ2n) is 5.50. The maximum atomic E-state index is 12.5. The predicted octanol–water partition coefficient (Wildman–Crippen LogP) is 1.23. The van der Waals surface area contributed by atoms with Gasteiger partial charge in [-0.15, -0.1) is 0 Å². The minimum absolute atomic E-state index is 0.0697. The van der Waals surface area contributed by atoms with E-state index < -0.39 is 0 Å². The van der Waals surface area contributed by atoms with E-state index >= 15 is 0 Å². The second kappa shape index (κ2) is 5.13. The van der Waals surface area contributed by atoms with E-state index in [9.17, 15) is 4.79 Å². The highest BCUT2D eigenvalue weighted by molar-refractivity contribution is 6.33. The van der Waals surface area contributed by atoms with Crippen LogP contribution in [0.4, 0.5) is 5.69 Å². The Morgan fingerprint density at radius 1 is 1.42 bits per heavy atom. The molecule has 1 aromatic heterocycles. The van der Waals surface area contributed by atoms with E-state index in [2.05, 4.69) is 10.00 Å². The van der Waals surface area contributed by atoms with Crippen LogP contribution in [0.25, 0.3) is 0 Å². The molecular formula is C13H19ClN4O. The van der Waals surface area contributed by atoms with Gasteiger partial charge in [0.25, 0.3) is 5.56 Å².